The molecule has 0 spiro atoms. The molecule has 1 rings (SSSR count). The monoisotopic (exact) mass is 260 g/mol. The van der Waals surface area contributed by atoms with Gasteiger partial charge in [0.05, 0.1) is 23.0 Å². The zero-order valence-electron chi connectivity index (χ0n) is 8.96. The Hall–Kier alpha value is -0.350. The van der Waals surface area contributed by atoms with Crippen molar-refractivity contribution < 1.29 is 4.74 Å². The van der Waals surface area contributed by atoms with Crippen molar-refractivity contribution in [3.8, 4) is 0 Å². The Morgan fingerprint density at radius 1 is 1.57 bits per heavy atom. The molecule has 0 aromatic carbocycles. The minimum atomic E-state index is 0.428. The minimum absolute atomic E-state index is 0.428. The molecule has 4 heteroatoms. The van der Waals surface area contributed by atoms with Gasteiger partial charge in [-0.15, -0.1) is 0 Å². The molecule has 0 aliphatic heterocycles. The van der Waals surface area contributed by atoms with E-state index < -0.39 is 0 Å². The molecule has 0 bridgehead atoms. The predicted molar refractivity (Wildman–Crippen MR) is 60.3 cm³/mol. The molecule has 0 saturated heterocycles. The van der Waals surface area contributed by atoms with Crippen LogP contribution in [0.4, 0.5) is 0 Å². The second-order valence-corrected chi connectivity index (χ2v) is 4.13. The number of hydrogen-bond acceptors (Lipinski definition) is 2. The van der Waals surface area contributed by atoms with Gasteiger partial charge in [0.25, 0.3) is 0 Å². The highest BCUT2D eigenvalue weighted by Gasteiger charge is 2.12. The van der Waals surface area contributed by atoms with Gasteiger partial charge in [0.15, 0.2) is 0 Å². The van der Waals surface area contributed by atoms with Crippen molar-refractivity contribution in [1.82, 2.24) is 9.78 Å². The topological polar surface area (TPSA) is 27.1 Å². The molecule has 0 unspecified atom stereocenters. The van der Waals surface area contributed by atoms with Crippen LogP contribution in [0.25, 0.3) is 0 Å². The highest BCUT2D eigenvalue weighted by atomic mass is 79.9. The zero-order valence-corrected chi connectivity index (χ0v) is 10.5. The maximum atomic E-state index is 5.40. The molecule has 3 nitrogen and oxygen atoms in total. The van der Waals surface area contributed by atoms with Crippen LogP contribution in [0.3, 0.4) is 0 Å². The summed E-state index contributed by atoms with van der Waals surface area (Å²) in [7, 11) is 0. The van der Waals surface area contributed by atoms with Crippen LogP contribution in [-0.2, 0) is 11.3 Å². The van der Waals surface area contributed by atoms with E-state index in [1.165, 1.54) is 0 Å². The maximum absolute atomic E-state index is 5.40. The molecule has 0 aliphatic rings. The van der Waals surface area contributed by atoms with Crippen molar-refractivity contribution in [2.75, 3.05) is 6.61 Å². The lowest BCUT2D eigenvalue weighted by atomic mass is 10.2. The summed E-state index contributed by atoms with van der Waals surface area (Å²) in [6.45, 7) is 7.68. The number of hydrogen-bond donors (Lipinski definition) is 0. The summed E-state index contributed by atoms with van der Waals surface area (Å²) < 4.78 is 8.46. The number of rotatable bonds is 5. The standard InChI is InChI=1S/C10H17BrN2O/c1-4-8(3)13-10(7-14-5-2)9(11)6-12-13/h6,8H,4-5,7H2,1-3H3/t8-/m0/s1. The molecular formula is C10H17BrN2O. The average molecular weight is 261 g/mol. The lowest BCUT2D eigenvalue weighted by Crippen LogP contribution is -2.11. The van der Waals surface area contributed by atoms with E-state index in [9.17, 15) is 0 Å². The summed E-state index contributed by atoms with van der Waals surface area (Å²) in [4.78, 5) is 0. The molecular weight excluding hydrogens is 244 g/mol. The van der Waals surface area contributed by atoms with Crippen molar-refractivity contribution in [3.63, 3.8) is 0 Å². The highest BCUT2D eigenvalue weighted by molar-refractivity contribution is 9.10. The molecule has 0 fully saturated rings. The fourth-order valence-electron chi connectivity index (χ4n) is 1.25. The summed E-state index contributed by atoms with van der Waals surface area (Å²) in [6.07, 6.45) is 2.91. The van der Waals surface area contributed by atoms with Gasteiger partial charge < -0.3 is 4.74 Å². The third-order valence-corrected chi connectivity index (χ3v) is 2.96. The van der Waals surface area contributed by atoms with E-state index in [0.29, 0.717) is 12.6 Å². The Kier molecular flexibility index (Phi) is 4.62. The lowest BCUT2D eigenvalue weighted by molar-refractivity contribution is 0.125. The second kappa shape index (κ2) is 5.51. The first kappa shape index (κ1) is 11.7. The molecule has 14 heavy (non-hydrogen) atoms. The van der Waals surface area contributed by atoms with Crippen LogP contribution < -0.4 is 0 Å². The quantitative estimate of drug-likeness (QED) is 0.814. The van der Waals surface area contributed by atoms with Gasteiger partial charge in [-0.1, -0.05) is 6.92 Å². The van der Waals surface area contributed by atoms with Crippen LogP contribution in [0.2, 0.25) is 0 Å². The minimum Gasteiger partial charge on any atom is -0.375 e. The fraction of sp³-hybridized carbons (Fsp3) is 0.700. The molecule has 80 valence electrons. The van der Waals surface area contributed by atoms with E-state index in [2.05, 4.69) is 34.9 Å². The SMILES string of the molecule is CCOCc1c(Br)cnn1[C@@H](C)CC. The van der Waals surface area contributed by atoms with Gasteiger partial charge in [0.1, 0.15) is 0 Å². The second-order valence-electron chi connectivity index (χ2n) is 3.28. The van der Waals surface area contributed by atoms with Crippen LogP contribution in [-0.4, -0.2) is 16.4 Å². The lowest BCUT2D eigenvalue weighted by Gasteiger charge is -2.13. The van der Waals surface area contributed by atoms with Crippen molar-refractivity contribution in [1.29, 1.82) is 0 Å². The molecule has 0 N–H and O–H groups in total. The van der Waals surface area contributed by atoms with Crippen LogP contribution in [0, 0.1) is 0 Å². The summed E-state index contributed by atoms with van der Waals surface area (Å²) in [5.74, 6) is 0. The van der Waals surface area contributed by atoms with E-state index >= 15 is 0 Å². The van der Waals surface area contributed by atoms with Crippen molar-refractivity contribution >= 4 is 15.9 Å². The highest BCUT2D eigenvalue weighted by Crippen LogP contribution is 2.21. The summed E-state index contributed by atoms with van der Waals surface area (Å²) >= 11 is 3.48. The summed E-state index contributed by atoms with van der Waals surface area (Å²) in [6, 6.07) is 0.428. The Morgan fingerprint density at radius 2 is 2.29 bits per heavy atom. The fourth-order valence-corrected chi connectivity index (χ4v) is 1.64. The van der Waals surface area contributed by atoms with Gasteiger partial charge in [-0.25, -0.2) is 0 Å². The van der Waals surface area contributed by atoms with E-state index in [0.717, 1.165) is 23.2 Å². The normalized spacial score (nSPS) is 13.1. The zero-order chi connectivity index (χ0) is 10.6. The number of ether oxygens (including phenoxy) is 1. The number of nitrogens with zero attached hydrogens (tertiary/aromatic N) is 2. The van der Waals surface area contributed by atoms with Gasteiger partial charge in [0, 0.05) is 12.6 Å². The van der Waals surface area contributed by atoms with E-state index in [1.807, 2.05) is 17.8 Å². The van der Waals surface area contributed by atoms with Crippen LogP contribution in [0.15, 0.2) is 10.7 Å². The first-order chi connectivity index (χ1) is 6.70. The molecule has 0 aliphatic carbocycles. The molecule has 1 atom stereocenters. The summed E-state index contributed by atoms with van der Waals surface area (Å²) in [5.41, 5.74) is 1.13. The third-order valence-electron chi connectivity index (χ3n) is 2.30. The largest absolute Gasteiger partial charge is 0.375 e. The number of aromatic nitrogens is 2. The van der Waals surface area contributed by atoms with Crippen LogP contribution in [0.5, 0.6) is 0 Å². The van der Waals surface area contributed by atoms with E-state index in [4.69, 9.17) is 4.74 Å². The van der Waals surface area contributed by atoms with Gasteiger partial charge in [-0.3, -0.25) is 4.68 Å². The van der Waals surface area contributed by atoms with Gasteiger partial charge in [-0.2, -0.15) is 5.10 Å². The van der Waals surface area contributed by atoms with Crippen molar-refractivity contribution in [2.45, 2.75) is 39.8 Å². The smallest absolute Gasteiger partial charge is 0.0896 e. The van der Waals surface area contributed by atoms with Gasteiger partial charge >= 0.3 is 0 Å². The predicted octanol–water partition coefficient (Wildman–Crippen LogP) is 3.15. The average Bonchev–Trinajstić information content (AvgIpc) is 2.56. The Morgan fingerprint density at radius 3 is 2.86 bits per heavy atom. The Labute approximate surface area is 93.6 Å². The molecule has 1 heterocycles. The van der Waals surface area contributed by atoms with E-state index in [1.54, 1.807) is 0 Å². The molecule has 0 saturated carbocycles. The molecule has 1 aromatic rings. The molecule has 1 aromatic heterocycles. The van der Waals surface area contributed by atoms with Crippen molar-refractivity contribution in [2.24, 2.45) is 0 Å². The third kappa shape index (κ3) is 2.58. The van der Waals surface area contributed by atoms with Gasteiger partial charge in [-0.05, 0) is 36.2 Å². The van der Waals surface area contributed by atoms with Crippen molar-refractivity contribution in [3.05, 3.63) is 16.4 Å². The first-order valence-corrected chi connectivity index (χ1v) is 5.79. The Bertz CT molecular complexity index is 286. The summed E-state index contributed by atoms with van der Waals surface area (Å²) in [5, 5.41) is 4.33. The maximum Gasteiger partial charge on any atom is 0.0896 e. The molecule has 0 radical (unpaired) electrons. The van der Waals surface area contributed by atoms with E-state index in [-0.39, 0.29) is 0 Å². The van der Waals surface area contributed by atoms with Crippen LogP contribution in [0.1, 0.15) is 38.9 Å². The Balaban J connectivity index is 2.82. The van der Waals surface area contributed by atoms with Gasteiger partial charge in [0.2, 0.25) is 0 Å². The molecule has 0 amide bonds. The first-order valence-electron chi connectivity index (χ1n) is 5.00. The number of halogens is 1. The van der Waals surface area contributed by atoms with Crippen LogP contribution >= 0.6 is 15.9 Å².